The van der Waals surface area contributed by atoms with Gasteiger partial charge >= 0.3 is 5.97 Å². The third-order valence-electron chi connectivity index (χ3n) is 9.54. The highest BCUT2D eigenvalue weighted by molar-refractivity contribution is 5.92. The van der Waals surface area contributed by atoms with Gasteiger partial charge in [0.2, 0.25) is 0 Å². The Hall–Kier alpha value is -1.58. The monoisotopic (exact) mass is 462 g/mol. The number of carbonyl (C=O) groups excluding carboxylic acids is 1. The van der Waals surface area contributed by atoms with Gasteiger partial charge in [0.15, 0.2) is 18.2 Å². The van der Waals surface area contributed by atoms with Crippen LogP contribution < -0.4 is 0 Å². The van der Waals surface area contributed by atoms with E-state index in [2.05, 4.69) is 26.0 Å². The largest absolute Gasteiger partial charge is 0.479 e. The summed E-state index contributed by atoms with van der Waals surface area (Å²) >= 11 is 0. The van der Waals surface area contributed by atoms with Crippen molar-refractivity contribution in [1.82, 2.24) is 0 Å². The van der Waals surface area contributed by atoms with Crippen molar-refractivity contribution in [2.75, 3.05) is 0 Å². The fourth-order valence-electron chi connectivity index (χ4n) is 7.50. The molecule has 33 heavy (non-hydrogen) atoms. The lowest BCUT2D eigenvalue weighted by atomic mass is 9.49. The molecule has 4 N–H and O–H groups in total. The van der Waals surface area contributed by atoms with E-state index in [1.807, 2.05) is 6.08 Å². The second kappa shape index (κ2) is 7.99. The van der Waals surface area contributed by atoms with Crippen LogP contribution in [0.25, 0.3) is 0 Å². The lowest BCUT2D eigenvalue weighted by Crippen LogP contribution is -2.61. The van der Waals surface area contributed by atoms with Crippen molar-refractivity contribution in [2.45, 2.75) is 89.2 Å². The summed E-state index contributed by atoms with van der Waals surface area (Å²) in [6.45, 7) is 4.50. The molecular weight excluding hydrogens is 428 g/mol. The summed E-state index contributed by atoms with van der Waals surface area (Å²) in [7, 11) is 0. The average molecular weight is 463 g/mol. The number of carboxylic acids is 1. The minimum Gasteiger partial charge on any atom is -0.479 e. The van der Waals surface area contributed by atoms with Crippen LogP contribution in [-0.4, -0.2) is 69.0 Å². The molecule has 8 nitrogen and oxygen atoms in total. The molecule has 0 bridgehead atoms. The Morgan fingerprint density at radius 2 is 1.82 bits per heavy atom. The van der Waals surface area contributed by atoms with E-state index in [0.717, 1.165) is 37.7 Å². The van der Waals surface area contributed by atoms with Crippen LogP contribution in [0.15, 0.2) is 23.8 Å². The van der Waals surface area contributed by atoms with Crippen molar-refractivity contribution in [3.63, 3.8) is 0 Å². The van der Waals surface area contributed by atoms with Gasteiger partial charge in [0, 0.05) is 6.42 Å². The molecule has 1 heterocycles. The SMILES string of the molecule is CC12CCC(=O)C=C1C=C[C@@H]1[C@@H]2CC[C@]2(C)[C@@H](O[C@@H]3O[C@H](C(=O)O)[C@@H](O)[C@H](O)[C@H]3O)CC[C@@H]12. The predicted molar refractivity (Wildman–Crippen MR) is 116 cm³/mol. The third kappa shape index (κ3) is 3.45. The van der Waals surface area contributed by atoms with Gasteiger partial charge in [-0.3, -0.25) is 4.79 Å². The molecule has 0 aromatic rings. The van der Waals surface area contributed by atoms with Gasteiger partial charge in [-0.2, -0.15) is 0 Å². The number of aliphatic carboxylic acids is 1. The van der Waals surface area contributed by atoms with E-state index in [1.54, 1.807) is 0 Å². The lowest BCUT2D eigenvalue weighted by molar-refractivity contribution is -0.312. The number of aliphatic hydroxyl groups is 3. The summed E-state index contributed by atoms with van der Waals surface area (Å²) in [4.78, 5) is 23.4. The number of ether oxygens (including phenoxy) is 2. The molecule has 1 saturated heterocycles. The Balaban J connectivity index is 1.36. The highest BCUT2D eigenvalue weighted by Crippen LogP contribution is 2.64. The second-order valence-electron chi connectivity index (χ2n) is 11.1. The lowest BCUT2D eigenvalue weighted by Gasteiger charge is -2.56. The van der Waals surface area contributed by atoms with Crippen LogP contribution in [0.2, 0.25) is 0 Å². The maximum Gasteiger partial charge on any atom is 0.335 e. The summed E-state index contributed by atoms with van der Waals surface area (Å²) in [6.07, 6.45) is 3.17. The molecule has 182 valence electrons. The van der Waals surface area contributed by atoms with Crippen LogP contribution in [0.1, 0.15) is 52.4 Å². The summed E-state index contributed by atoms with van der Waals surface area (Å²) in [5.74, 6) is -0.0142. The maximum absolute atomic E-state index is 12.0. The number of rotatable bonds is 3. The Morgan fingerprint density at radius 1 is 1.06 bits per heavy atom. The van der Waals surface area contributed by atoms with E-state index >= 15 is 0 Å². The first-order valence-corrected chi connectivity index (χ1v) is 12.1. The molecule has 3 fully saturated rings. The Morgan fingerprint density at radius 3 is 2.55 bits per heavy atom. The first kappa shape index (κ1) is 23.2. The molecular formula is C25H34O8. The third-order valence-corrected chi connectivity index (χ3v) is 9.54. The summed E-state index contributed by atoms with van der Waals surface area (Å²) in [6, 6.07) is 0. The Labute approximate surface area is 193 Å². The van der Waals surface area contributed by atoms with Gasteiger partial charge in [0.05, 0.1) is 6.10 Å². The van der Waals surface area contributed by atoms with E-state index < -0.39 is 36.7 Å². The van der Waals surface area contributed by atoms with Gasteiger partial charge < -0.3 is 29.9 Å². The molecule has 5 rings (SSSR count). The molecule has 0 aromatic heterocycles. The maximum atomic E-state index is 12.0. The van der Waals surface area contributed by atoms with E-state index in [0.29, 0.717) is 24.2 Å². The summed E-state index contributed by atoms with van der Waals surface area (Å²) < 4.78 is 11.6. The molecule has 11 atom stereocenters. The molecule has 8 heteroatoms. The van der Waals surface area contributed by atoms with Crippen LogP contribution in [0.5, 0.6) is 0 Å². The zero-order valence-electron chi connectivity index (χ0n) is 19.1. The van der Waals surface area contributed by atoms with Gasteiger partial charge in [-0.25, -0.2) is 4.79 Å². The first-order valence-electron chi connectivity index (χ1n) is 12.1. The van der Waals surface area contributed by atoms with Gasteiger partial charge in [-0.05, 0) is 72.3 Å². The molecule has 1 aliphatic heterocycles. The number of hydrogen-bond acceptors (Lipinski definition) is 7. The molecule has 0 amide bonds. The molecule has 0 radical (unpaired) electrons. The molecule has 1 unspecified atom stereocenters. The number of aliphatic hydroxyl groups excluding tert-OH is 3. The van der Waals surface area contributed by atoms with Crippen molar-refractivity contribution < 1.29 is 39.5 Å². The average Bonchev–Trinajstić information content (AvgIpc) is 3.10. The quantitative estimate of drug-likeness (QED) is 0.497. The number of carboxylic acid groups (broad SMARTS) is 1. The number of allylic oxidation sites excluding steroid dienone is 4. The van der Waals surface area contributed by atoms with Gasteiger partial charge in [0.1, 0.15) is 18.3 Å². The van der Waals surface area contributed by atoms with Gasteiger partial charge in [0.25, 0.3) is 0 Å². The molecule has 0 spiro atoms. The fourth-order valence-corrected chi connectivity index (χ4v) is 7.50. The molecule has 5 aliphatic rings. The highest BCUT2D eigenvalue weighted by atomic mass is 16.7. The number of carbonyl (C=O) groups is 2. The van der Waals surface area contributed by atoms with Crippen molar-refractivity contribution in [2.24, 2.45) is 28.6 Å². The second-order valence-corrected chi connectivity index (χ2v) is 11.1. The summed E-state index contributed by atoms with van der Waals surface area (Å²) in [5.41, 5.74) is 0.974. The fraction of sp³-hybridized carbons (Fsp3) is 0.760. The molecule has 2 saturated carbocycles. The molecule has 0 aromatic carbocycles. The number of hydrogen-bond donors (Lipinski definition) is 4. The highest BCUT2D eigenvalue weighted by Gasteiger charge is 2.59. The van der Waals surface area contributed by atoms with Crippen LogP contribution in [-0.2, 0) is 19.1 Å². The number of ketones is 1. The van der Waals surface area contributed by atoms with Gasteiger partial charge in [-0.15, -0.1) is 0 Å². The minimum absolute atomic E-state index is 0.00519. The normalized spacial score (nSPS) is 51.4. The Bertz CT molecular complexity index is 897. The summed E-state index contributed by atoms with van der Waals surface area (Å²) in [5, 5.41) is 39.9. The zero-order valence-corrected chi connectivity index (χ0v) is 19.1. The van der Waals surface area contributed by atoms with Crippen molar-refractivity contribution >= 4 is 11.8 Å². The molecule has 4 aliphatic carbocycles. The van der Waals surface area contributed by atoms with Crippen molar-refractivity contribution in [1.29, 1.82) is 0 Å². The first-order chi connectivity index (χ1) is 15.6. The van der Waals surface area contributed by atoms with Gasteiger partial charge in [-0.1, -0.05) is 26.0 Å². The van der Waals surface area contributed by atoms with Crippen molar-refractivity contribution in [3.8, 4) is 0 Å². The standard InChI is InChI=1S/C25H34O8/c1-24-9-7-13(26)11-12(24)3-4-14-15-5-6-17(25(15,2)10-8-16(14)24)32-23-20(29)18(27)19(28)21(33-23)22(30)31/h3-4,11,14-21,23,27-29H,5-10H2,1-2H3,(H,30,31)/t14-,15-,16-,17-,18-,19-,20+,21-,23+,24?,25-/m0/s1. The predicted octanol–water partition coefficient (Wildman–Crippen LogP) is 1.57. The van der Waals surface area contributed by atoms with E-state index in [-0.39, 0.29) is 22.7 Å². The van der Waals surface area contributed by atoms with Crippen LogP contribution in [0, 0.1) is 28.6 Å². The Kier molecular flexibility index (Phi) is 5.61. The van der Waals surface area contributed by atoms with Crippen molar-refractivity contribution in [3.05, 3.63) is 23.8 Å². The van der Waals surface area contributed by atoms with Crippen LogP contribution in [0.4, 0.5) is 0 Å². The van der Waals surface area contributed by atoms with E-state index in [9.17, 15) is 30.0 Å². The minimum atomic E-state index is -1.72. The smallest absolute Gasteiger partial charge is 0.335 e. The topological polar surface area (TPSA) is 134 Å². The zero-order chi connectivity index (χ0) is 23.7. The number of fused-ring (bicyclic) bond motifs is 5. The van der Waals surface area contributed by atoms with E-state index in [1.165, 1.54) is 0 Å². The van der Waals surface area contributed by atoms with Crippen LogP contribution >= 0.6 is 0 Å². The van der Waals surface area contributed by atoms with E-state index in [4.69, 9.17) is 9.47 Å². The van der Waals surface area contributed by atoms with Crippen LogP contribution in [0.3, 0.4) is 0 Å².